The predicted octanol–water partition coefficient (Wildman–Crippen LogP) is 2.18. The molecule has 116 valence electrons. The van der Waals surface area contributed by atoms with Crippen LogP contribution >= 0.6 is 0 Å². The average molecular weight is 304 g/mol. The zero-order chi connectivity index (χ0) is 15.6. The van der Waals surface area contributed by atoms with Gasteiger partial charge in [-0.05, 0) is 11.6 Å². The van der Waals surface area contributed by atoms with Gasteiger partial charge in [0.15, 0.2) is 0 Å². The van der Waals surface area contributed by atoms with Crippen LogP contribution in [0, 0.1) is 11.6 Å². The van der Waals surface area contributed by atoms with Gasteiger partial charge in [0.1, 0.15) is 11.6 Å². The maximum absolute atomic E-state index is 13.6. The molecule has 2 N–H and O–H groups in total. The predicted molar refractivity (Wildman–Crippen MR) is 69.1 cm³/mol. The highest BCUT2D eigenvalue weighted by atomic mass is 19.3. The summed E-state index contributed by atoms with van der Waals surface area (Å²) in [7, 11) is 0. The van der Waals surface area contributed by atoms with Crippen molar-refractivity contribution in [3.8, 4) is 0 Å². The standard InChI is InChI=1S/C14H16F4N2O/c1-8(10-3-2-9(15)4-11(10)16)6-19-13(21)12-5-14(17,18)7-20-12/h2-4,8,12,20H,5-7H2,1H3,(H,19,21). The fourth-order valence-corrected chi connectivity index (χ4v) is 2.29. The first-order valence-electron chi connectivity index (χ1n) is 6.62. The van der Waals surface area contributed by atoms with E-state index in [-0.39, 0.29) is 12.1 Å². The number of nitrogens with one attached hydrogen (secondary N) is 2. The normalized spacial score (nSPS) is 22.0. The van der Waals surface area contributed by atoms with Gasteiger partial charge in [0.2, 0.25) is 5.91 Å². The van der Waals surface area contributed by atoms with Gasteiger partial charge in [0.25, 0.3) is 5.92 Å². The lowest BCUT2D eigenvalue weighted by Gasteiger charge is -2.16. The highest BCUT2D eigenvalue weighted by Crippen LogP contribution is 2.25. The number of rotatable bonds is 4. The van der Waals surface area contributed by atoms with Crippen molar-refractivity contribution in [2.24, 2.45) is 0 Å². The number of halogens is 4. The largest absolute Gasteiger partial charge is 0.354 e. The molecule has 3 nitrogen and oxygen atoms in total. The Labute approximate surface area is 119 Å². The van der Waals surface area contributed by atoms with E-state index in [1.54, 1.807) is 6.92 Å². The number of amides is 1. The molecule has 0 aliphatic carbocycles. The second kappa shape index (κ2) is 6.01. The molecule has 1 fully saturated rings. The smallest absolute Gasteiger partial charge is 0.262 e. The van der Waals surface area contributed by atoms with E-state index in [1.165, 1.54) is 6.07 Å². The Morgan fingerprint density at radius 1 is 1.48 bits per heavy atom. The lowest BCUT2D eigenvalue weighted by atomic mass is 10.0. The first-order chi connectivity index (χ1) is 9.78. The monoisotopic (exact) mass is 304 g/mol. The minimum atomic E-state index is -2.88. The van der Waals surface area contributed by atoms with E-state index in [9.17, 15) is 22.4 Å². The molecule has 0 spiro atoms. The summed E-state index contributed by atoms with van der Waals surface area (Å²) >= 11 is 0. The van der Waals surface area contributed by atoms with Crippen LogP contribution in [0.5, 0.6) is 0 Å². The maximum Gasteiger partial charge on any atom is 0.262 e. The number of carbonyl (C=O) groups excluding carboxylic acids is 1. The molecule has 1 saturated heterocycles. The van der Waals surface area contributed by atoms with E-state index in [1.807, 2.05) is 0 Å². The molecule has 1 amide bonds. The van der Waals surface area contributed by atoms with E-state index in [0.717, 1.165) is 12.1 Å². The van der Waals surface area contributed by atoms with Crippen LogP contribution in [-0.4, -0.2) is 31.0 Å². The third kappa shape index (κ3) is 3.93. The fourth-order valence-electron chi connectivity index (χ4n) is 2.29. The minimum Gasteiger partial charge on any atom is -0.354 e. The molecule has 0 saturated carbocycles. The number of carbonyl (C=O) groups is 1. The third-order valence-corrected chi connectivity index (χ3v) is 3.50. The topological polar surface area (TPSA) is 41.1 Å². The molecule has 7 heteroatoms. The van der Waals surface area contributed by atoms with Gasteiger partial charge in [0, 0.05) is 24.9 Å². The number of hydrogen-bond donors (Lipinski definition) is 2. The number of benzene rings is 1. The summed E-state index contributed by atoms with van der Waals surface area (Å²) in [4.78, 5) is 11.7. The van der Waals surface area contributed by atoms with Gasteiger partial charge in [-0.15, -0.1) is 0 Å². The van der Waals surface area contributed by atoms with Gasteiger partial charge in [0.05, 0.1) is 12.6 Å². The summed E-state index contributed by atoms with van der Waals surface area (Å²) in [6.45, 7) is 1.23. The molecule has 1 aromatic rings. The molecular formula is C14H16F4N2O. The summed E-state index contributed by atoms with van der Waals surface area (Å²) in [5, 5.41) is 4.95. The van der Waals surface area contributed by atoms with Gasteiger partial charge >= 0.3 is 0 Å². The minimum absolute atomic E-state index is 0.0884. The van der Waals surface area contributed by atoms with Crippen LogP contribution in [0.2, 0.25) is 0 Å². The van der Waals surface area contributed by atoms with Crippen LogP contribution in [0.1, 0.15) is 24.8 Å². The zero-order valence-corrected chi connectivity index (χ0v) is 11.4. The van der Waals surface area contributed by atoms with Crippen molar-refractivity contribution >= 4 is 5.91 Å². The van der Waals surface area contributed by atoms with Crippen molar-refractivity contribution in [2.45, 2.75) is 31.2 Å². The molecule has 1 aromatic carbocycles. The molecular weight excluding hydrogens is 288 g/mol. The molecule has 1 heterocycles. The van der Waals surface area contributed by atoms with Gasteiger partial charge in [-0.2, -0.15) is 0 Å². The summed E-state index contributed by atoms with van der Waals surface area (Å²) < 4.78 is 52.3. The third-order valence-electron chi connectivity index (χ3n) is 3.50. The molecule has 2 atom stereocenters. The van der Waals surface area contributed by atoms with Crippen molar-refractivity contribution in [3.63, 3.8) is 0 Å². The van der Waals surface area contributed by atoms with Crippen LogP contribution in [0.15, 0.2) is 18.2 Å². The van der Waals surface area contributed by atoms with Crippen molar-refractivity contribution in [3.05, 3.63) is 35.4 Å². The van der Waals surface area contributed by atoms with Gasteiger partial charge in [-0.25, -0.2) is 17.6 Å². The van der Waals surface area contributed by atoms with Crippen LogP contribution in [0.25, 0.3) is 0 Å². The Morgan fingerprint density at radius 3 is 2.76 bits per heavy atom. The molecule has 2 unspecified atom stereocenters. The molecule has 2 rings (SSSR count). The second-order valence-electron chi connectivity index (χ2n) is 5.31. The van der Waals surface area contributed by atoms with Crippen LogP contribution in [0.3, 0.4) is 0 Å². The van der Waals surface area contributed by atoms with Crippen LogP contribution in [0.4, 0.5) is 17.6 Å². The summed E-state index contributed by atoms with van der Waals surface area (Å²) in [6, 6.07) is 2.27. The van der Waals surface area contributed by atoms with Crippen molar-refractivity contribution < 1.29 is 22.4 Å². The summed E-state index contributed by atoms with van der Waals surface area (Å²) in [6.07, 6.45) is -0.544. The quantitative estimate of drug-likeness (QED) is 0.837. The molecule has 1 aliphatic rings. The average Bonchev–Trinajstić information content (AvgIpc) is 2.76. The maximum atomic E-state index is 13.6. The lowest BCUT2D eigenvalue weighted by Crippen LogP contribution is -2.41. The van der Waals surface area contributed by atoms with Gasteiger partial charge < -0.3 is 5.32 Å². The van der Waals surface area contributed by atoms with Crippen LogP contribution < -0.4 is 10.6 Å². The first-order valence-corrected chi connectivity index (χ1v) is 6.62. The van der Waals surface area contributed by atoms with E-state index in [2.05, 4.69) is 10.6 Å². The Kier molecular flexibility index (Phi) is 4.51. The first kappa shape index (κ1) is 15.8. The summed E-state index contributed by atoms with van der Waals surface area (Å²) in [5.41, 5.74) is 0.265. The molecule has 0 radical (unpaired) electrons. The Bertz CT molecular complexity index is 536. The van der Waals surface area contributed by atoms with E-state index in [0.29, 0.717) is 0 Å². The SMILES string of the molecule is CC(CNC(=O)C1CC(F)(F)CN1)c1ccc(F)cc1F. The van der Waals surface area contributed by atoms with E-state index in [4.69, 9.17) is 0 Å². The highest BCUT2D eigenvalue weighted by molar-refractivity contribution is 5.82. The second-order valence-corrected chi connectivity index (χ2v) is 5.31. The number of hydrogen-bond acceptors (Lipinski definition) is 2. The van der Waals surface area contributed by atoms with Crippen molar-refractivity contribution in [1.29, 1.82) is 0 Å². The number of alkyl halides is 2. The Balaban J connectivity index is 1.89. The molecule has 0 aromatic heterocycles. The van der Waals surface area contributed by atoms with Crippen molar-refractivity contribution in [2.75, 3.05) is 13.1 Å². The van der Waals surface area contributed by atoms with E-state index < -0.39 is 48.4 Å². The molecule has 1 aliphatic heterocycles. The zero-order valence-electron chi connectivity index (χ0n) is 11.4. The van der Waals surface area contributed by atoms with E-state index >= 15 is 0 Å². The van der Waals surface area contributed by atoms with Gasteiger partial charge in [-0.1, -0.05) is 13.0 Å². The molecule has 21 heavy (non-hydrogen) atoms. The lowest BCUT2D eigenvalue weighted by molar-refractivity contribution is -0.123. The molecule has 0 bridgehead atoms. The van der Waals surface area contributed by atoms with Crippen LogP contribution in [-0.2, 0) is 4.79 Å². The summed E-state index contributed by atoms with van der Waals surface area (Å²) in [5.74, 6) is -5.18. The fraction of sp³-hybridized carbons (Fsp3) is 0.500. The Morgan fingerprint density at radius 2 is 2.19 bits per heavy atom. The highest BCUT2D eigenvalue weighted by Gasteiger charge is 2.42. The van der Waals surface area contributed by atoms with Gasteiger partial charge in [-0.3, -0.25) is 10.1 Å². The Hall–Kier alpha value is -1.63. The van der Waals surface area contributed by atoms with Crippen molar-refractivity contribution in [1.82, 2.24) is 10.6 Å².